The van der Waals surface area contributed by atoms with E-state index in [1.165, 1.54) is 23.4 Å². The van der Waals surface area contributed by atoms with E-state index in [2.05, 4.69) is 56.3 Å². The summed E-state index contributed by atoms with van der Waals surface area (Å²) in [5.74, 6) is 0.585. The Hall–Kier alpha value is -0.960. The van der Waals surface area contributed by atoms with Crippen LogP contribution in [0, 0.1) is 5.92 Å². The number of fused-ring (bicyclic) bond motifs is 1. The minimum atomic E-state index is 0.585. The first-order valence-corrected chi connectivity index (χ1v) is 6.96. The normalized spacial score (nSPS) is 28.4. The van der Waals surface area contributed by atoms with Crippen molar-refractivity contribution in [2.75, 3.05) is 40.8 Å². The van der Waals surface area contributed by atoms with Crippen molar-refractivity contribution in [2.24, 2.45) is 5.92 Å². The molecule has 0 amide bonds. The Bertz CT molecular complexity index is 370. The van der Waals surface area contributed by atoms with Crippen LogP contribution in [0.25, 0.3) is 0 Å². The number of likely N-dealkylation sites (N-methyl/N-ethyl adjacent to an activating group) is 1. The van der Waals surface area contributed by atoms with Gasteiger partial charge >= 0.3 is 0 Å². The first-order chi connectivity index (χ1) is 8.43. The molecule has 3 nitrogen and oxygen atoms in total. The zero-order valence-corrected chi connectivity index (χ0v) is 12.5. The van der Waals surface area contributed by atoms with Crippen molar-refractivity contribution in [1.29, 1.82) is 0 Å². The molecule has 0 bridgehead atoms. The van der Waals surface area contributed by atoms with E-state index >= 15 is 0 Å². The van der Waals surface area contributed by atoms with Gasteiger partial charge in [0.2, 0.25) is 0 Å². The smallest absolute Gasteiger partial charge is 0.0591 e. The van der Waals surface area contributed by atoms with Crippen molar-refractivity contribution in [3.05, 3.63) is 23.5 Å². The highest BCUT2D eigenvalue weighted by atomic mass is 15.3. The predicted octanol–water partition coefficient (Wildman–Crippen LogP) is 1.99. The van der Waals surface area contributed by atoms with Crippen LogP contribution in [0.15, 0.2) is 23.5 Å². The molecule has 2 rings (SSSR count). The predicted molar refractivity (Wildman–Crippen MR) is 77.3 cm³/mol. The van der Waals surface area contributed by atoms with Gasteiger partial charge in [0.1, 0.15) is 0 Å². The van der Waals surface area contributed by atoms with E-state index in [4.69, 9.17) is 0 Å². The summed E-state index contributed by atoms with van der Waals surface area (Å²) >= 11 is 0. The van der Waals surface area contributed by atoms with Gasteiger partial charge < -0.3 is 14.7 Å². The molecule has 0 spiro atoms. The van der Waals surface area contributed by atoms with Gasteiger partial charge in [-0.25, -0.2) is 0 Å². The van der Waals surface area contributed by atoms with E-state index < -0.39 is 0 Å². The maximum atomic E-state index is 4.34. The fourth-order valence-electron chi connectivity index (χ4n) is 3.19. The lowest BCUT2D eigenvalue weighted by atomic mass is 9.95. The summed E-state index contributed by atoms with van der Waals surface area (Å²) in [6, 6.07) is 0.638. The van der Waals surface area contributed by atoms with Gasteiger partial charge in [0.15, 0.2) is 0 Å². The van der Waals surface area contributed by atoms with Gasteiger partial charge in [-0.3, -0.25) is 0 Å². The van der Waals surface area contributed by atoms with Crippen molar-refractivity contribution in [3.8, 4) is 0 Å². The Kier molecular flexibility index (Phi) is 3.71. The summed E-state index contributed by atoms with van der Waals surface area (Å²) in [4.78, 5) is 7.24. The lowest BCUT2D eigenvalue weighted by Crippen LogP contribution is -2.42. The van der Waals surface area contributed by atoms with Crippen LogP contribution in [0.4, 0.5) is 0 Å². The van der Waals surface area contributed by atoms with Crippen molar-refractivity contribution >= 4 is 0 Å². The van der Waals surface area contributed by atoms with Crippen LogP contribution in [0.3, 0.4) is 0 Å². The van der Waals surface area contributed by atoms with Crippen molar-refractivity contribution < 1.29 is 0 Å². The molecule has 0 N–H and O–H groups in total. The summed E-state index contributed by atoms with van der Waals surface area (Å²) in [5, 5.41) is 0. The van der Waals surface area contributed by atoms with Crippen LogP contribution in [0.1, 0.15) is 20.3 Å². The third kappa shape index (κ3) is 2.16. The second-order valence-electron chi connectivity index (χ2n) is 6.02. The van der Waals surface area contributed by atoms with Gasteiger partial charge in [-0.1, -0.05) is 13.5 Å². The van der Waals surface area contributed by atoms with Crippen LogP contribution in [0.5, 0.6) is 0 Å². The van der Waals surface area contributed by atoms with Crippen LogP contribution in [0.2, 0.25) is 0 Å². The number of nitrogens with zero attached hydrogens (tertiary/aromatic N) is 3. The third-order valence-electron chi connectivity index (χ3n) is 4.58. The molecule has 2 heterocycles. The van der Waals surface area contributed by atoms with E-state index in [1.54, 1.807) is 0 Å². The first-order valence-electron chi connectivity index (χ1n) is 6.96. The Morgan fingerprint density at radius 1 is 1.33 bits per heavy atom. The standard InChI is InChI=1S/C15H27N3/c1-11-12(2)15-13(3)17(6)9-10-18(15)14(11)7-8-16(4)5/h11,14H,2,7-10H2,1,3-6H3. The molecule has 0 aromatic heterocycles. The minimum Gasteiger partial charge on any atom is -0.375 e. The minimum absolute atomic E-state index is 0.585. The number of rotatable bonds is 3. The Morgan fingerprint density at radius 3 is 2.61 bits per heavy atom. The maximum Gasteiger partial charge on any atom is 0.0591 e. The molecule has 102 valence electrons. The fraction of sp³-hybridized carbons (Fsp3) is 0.733. The van der Waals surface area contributed by atoms with Gasteiger partial charge in [0.25, 0.3) is 0 Å². The van der Waals surface area contributed by atoms with Gasteiger partial charge in [-0.05, 0) is 39.6 Å². The van der Waals surface area contributed by atoms with E-state index in [0.29, 0.717) is 12.0 Å². The lowest BCUT2D eigenvalue weighted by Gasteiger charge is -2.38. The molecule has 0 radical (unpaired) electrons. The van der Waals surface area contributed by atoms with Gasteiger partial charge in [0, 0.05) is 37.8 Å². The van der Waals surface area contributed by atoms with Gasteiger partial charge in [0.05, 0.1) is 5.70 Å². The number of allylic oxidation sites excluding steroid dienone is 2. The second-order valence-corrected chi connectivity index (χ2v) is 6.02. The summed E-state index contributed by atoms with van der Waals surface area (Å²) in [6.45, 7) is 12.3. The molecule has 18 heavy (non-hydrogen) atoms. The zero-order valence-electron chi connectivity index (χ0n) is 12.5. The molecular weight excluding hydrogens is 222 g/mol. The molecule has 2 aliphatic heterocycles. The topological polar surface area (TPSA) is 9.72 Å². The van der Waals surface area contributed by atoms with Crippen molar-refractivity contribution in [3.63, 3.8) is 0 Å². The highest BCUT2D eigenvalue weighted by molar-refractivity contribution is 5.40. The van der Waals surface area contributed by atoms with Crippen LogP contribution in [-0.2, 0) is 0 Å². The monoisotopic (exact) mass is 249 g/mol. The van der Waals surface area contributed by atoms with Crippen molar-refractivity contribution in [2.45, 2.75) is 26.3 Å². The SMILES string of the molecule is C=C1C2=C(C)N(C)CCN2C(CCN(C)C)C1C. The van der Waals surface area contributed by atoms with Gasteiger partial charge in [-0.15, -0.1) is 0 Å². The molecular formula is C15H27N3. The largest absolute Gasteiger partial charge is 0.375 e. The Labute approximate surface area is 112 Å². The Morgan fingerprint density at radius 2 is 2.00 bits per heavy atom. The summed E-state index contributed by atoms with van der Waals surface area (Å²) in [6.07, 6.45) is 1.23. The average molecular weight is 249 g/mol. The second kappa shape index (κ2) is 4.96. The zero-order chi connectivity index (χ0) is 13.4. The average Bonchev–Trinajstić information content (AvgIpc) is 2.55. The van der Waals surface area contributed by atoms with Gasteiger partial charge in [-0.2, -0.15) is 0 Å². The van der Waals surface area contributed by atoms with E-state index in [-0.39, 0.29) is 0 Å². The highest BCUT2D eigenvalue weighted by Gasteiger charge is 2.40. The molecule has 0 aliphatic carbocycles. The lowest BCUT2D eigenvalue weighted by molar-refractivity contribution is 0.187. The third-order valence-corrected chi connectivity index (χ3v) is 4.58. The fourth-order valence-corrected chi connectivity index (χ4v) is 3.19. The molecule has 2 atom stereocenters. The molecule has 1 saturated heterocycles. The maximum absolute atomic E-state index is 4.34. The molecule has 0 aromatic rings. The Balaban J connectivity index is 2.22. The number of hydrogen-bond donors (Lipinski definition) is 0. The van der Waals surface area contributed by atoms with E-state index in [1.807, 2.05) is 0 Å². The summed E-state index contributed by atoms with van der Waals surface area (Å²) in [5.41, 5.74) is 4.15. The van der Waals surface area contributed by atoms with Crippen LogP contribution in [-0.4, -0.2) is 61.5 Å². The van der Waals surface area contributed by atoms with Crippen LogP contribution >= 0.6 is 0 Å². The summed E-state index contributed by atoms with van der Waals surface area (Å²) < 4.78 is 0. The molecule has 2 aliphatic rings. The highest BCUT2D eigenvalue weighted by Crippen LogP contribution is 2.41. The molecule has 2 unspecified atom stereocenters. The quantitative estimate of drug-likeness (QED) is 0.757. The molecule has 3 heteroatoms. The molecule has 0 saturated carbocycles. The van der Waals surface area contributed by atoms with Crippen molar-refractivity contribution in [1.82, 2.24) is 14.7 Å². The van der Waals surface area contributed by atoms with E-state index in [0.717, 1.165) is 19.6 Å². The first kappa shape index (κ1) is 13.5. The molecule has 0 aromatic carbocycles. The number of hydrogen-bond acceptors (Lipinski definition) is 3. The van der Waals surface area contributed by atoms with E-state index in [9.17, 15) is 0 Å². The summed E-state index contributed by atoms with van der Waals surface area (Å²) in [7, 11) is 6.49. The molecule has 1 fully saturated rings. The van der Waals surface area contributed by atoms with Crippen LogP contribution < -0.4 is 0 Å².